The number of benzene rings is 2. The number of aromatic nitrogens is 2. The van der Waals surface area contributed by atoms with Gasteiger partial charge in [-0.05, 0) is 77.8 Å². The van der Waals surface area contributed by atoms with Crippen molar-refractivity contribution in [2.45, 2.75) is 70.7 Å². The molecule has 7 nitrogen and oxygen atoms in total. The van der Waals surface area contributed by atoms with Crippen molar-refractivity contribution in [3.8, 4) is 5.75 Å². The fraction of sp³-hybridized carbons (Fsp3) is 0.367. The topological polar surface area (TPSA) is 84.7 Å². The van der Waals surface area contributed by atoms with Gasteiger partial charge in [0.15, 0.2) is 6.10 Å². The molecule has 0 saturated carbocycles. The largest absolute Gasteiger partial charge is 0.481 e. The second-order valence-corrected chi connectivity index (χ2v) is 11.7. The second-order valence-electron chi connectivity index (χ2n) is 11.7. The number of carbonyl (C=O) groups excluding carboxylic acids is 1. The van der Waals surface area contributed by atoms with E-state index in [-0.39, 0.29) is 28.6 Å². The Kier molecular flexibility index (Phi) is 5.21. The number of hydrogen-bond donors (Lipinski definition) is 2. The van der Waals surface area contributed by atoms with Gasteiger partial charge in [-0.3, -0.25) is 19.0 Å². The fourth-order valence-corrected chi connectivity index (χ4v) is 6.42. The van der Waals surface area contributed by atoms with Crippen molar-refractivity contribution in [1.29, 1.82) is 0 Å². The molecule has 0 bridgehead atoms. The molecule has 1 fully saturated rings. The Morgan fingerprint density at radius 1 is 1.03 bits per heavy atom. The van der Waals surface area contributed by atoms with Crippen LogP contribution in [0.3, 0.4) is 0 Å². The first-order chi connectivity index (χ1) is 17.5. The average molecular weight is 497 g/mol. The number of ether oxygens (including phenoxy) is 1. The van der Waals surface area contributed by atoms with Crippen LogP contribution in [0, 0.1) is 0 Å². The second kappa shape index (κ2) is 8.15. The van der Waals surface area contributed by atoms with E-state index in [0.29, 0.717) is 11.1 Å². The van der Waals surface area contributed by atoms with E-state index in [2.05, 4.69) is 43.3 Å². The molecule has 37 heavy (non-hydrogen) atoms. The molecular weight excluding hydrogens is 464 g/mol. The van der Waals surface area contributed by atoms with Crippen LogP contribution in [0.1, 0.15) is 47.5 Å². The maximum atomic E-state index is 13.4. The molecule has 1 aliphatic rings. The highest BCUT2D eigenvalue weighted by Gasteiger charge is 2.38. The lowest BCUT2D eigenvalue weighted by molar-refractivity contribution is -0.128. The number of fused-ring (bicyclic) bond motifs is 5. The zero-order chi connectivity index (χ0) is 26.1. The fourth-order valence-electron chi connectivity index (χ4n) is 6.42. The Balaban J connectivity index is 1.33. The molecule has 0 radical (unpaired) electrons. The van der Waals surface area contributed by atoms with Gasteiger partial charge in [-0.15, -0.1) is 0 Å². The third-order valence-electron chi connectivity index (χ3n) is 7.48. The zero-order valence-corrected chi connectivity index (χ0v) is 21.9. The summed E-state index contributed by atoms with van der Waals surface area (Å²) in [7, 11) is 0. The number of piperidine rings is 1. The maximum Gasteiger partial charge on any atom is 0.263 e. The molecule has 1 amide bonds. The number of pyridine rings is 2. The van der Waals surface area contributed by atoms with Crippen LogP contribution in [0.4, 0.5) is 0 Å². The van der Waals surface area contributed by atoms with Crippen molar-refractivity contribution in [2.75, 3.05) is 0 Å². The minimum atomic E-state index is -0.661. The highest BCUT2D eigenvalue weighted by molar-refractivity contribution is 6.18. The molecule has 4 heterocycles. The first-order valence-corrected chi connectivity index (χ1v) is 12.9. The third-order valence-corrected chi connectivity index (χ3v) is 7.48. The number of nitrogens with one attached hydrogen (secondary N) is 2. The van der Waals surface area contributed by atoms with Crippen LogP contribution in [0.15, 0.2) is 59.5 Å². The van der Waals surface area contributed by atoms with E-state index in [1.807, 2.05) is 48.5 Å². The van der Waals surface area contributed by atoms with Crippen LogP contribution < -0.4 is 20.9 Å². The van der Waals surface area contributed by atoms with Gasteiger partial charge in [-0.25, -0.2) is 0 Å². The smallest absolute Gasteiger partial charge is 0.263 e. The molecule has 2 N–H and O–H groups in total. The quantitative estimate of drug-likeness (QED) is 0.350. The van der Waals surface area contributed by atoms with Crippen LogP contribution in [0.2, 0.25) is 0 Å². The highest BCUT2D eigenvalue weighted by Crippen LogP contribution is 2.35. The molecule has 1 unspecified atom stereocenters. The van der Waals surface area contributed by atoms with Crippen molar-refractivity contribution in [3.63, 3.8) is 0 Å². The Labute approximate surface area is 215 Å². The Bertz CT molecular complexity index is 1720. The Hall–Kier alpha value is -3.71. The summed E-state index contributed by atoms with van der Waals surface area (Å²) in [6.45, 7) is 10.4. The highest BCUT2D eigenvalue weighted by atomic mass is 16.5. The van der Waals surface area contributed by atoms with Crippen molar-refractivity contribution in [2.24, 2.45) is 0 Å². The number of rotatable bonds is 4. The van der Waals surface area contributed by atoms with E-state index in [1.54, 1.807) is 17.5 Å². The van der Waals surface area contributed by atoms with E-state index in [4.69, 9.17) is 4.74 Å². The predicted octanol–water partition coefficient (Wildman–Crippen LogP) is 4.78. The van der Waals surface area contributed by atoms with Gasteiger partial charge in [-0.1, -0.05) is 18.2 Å². The van der Waals surface area contributed by atoms with Gasteiger partial charge in [0.25, 0.3) is 11.5 Å². The summed E-state index contributed by atoms with van der Waals surface area (Å²) < 4.78 is 7.86. The van der Waals surface area contributed by atoms with E-state index in [0.717, 1.165) is 45.6 Å². The number of amides is 1. The average Bonchev–Trinajstić information content (AvgIpc) is 3.15. The summed E-state index contributed by atoms with van der Waals surface area (Å²) in [6.07, 6.45) is 2.82. The summed E-state index contributed by atoms with van der Waals surface area (Å²) in [4.78, 5) is 31.1. The summed E-state index contributed by atoms with van der Waals surface area (Å²) >= 11 is 0. The molecule has 0 aliphatic carbocycles. The lowest BCUT2D eigenvalue weighted by Crippen LogP contribution is -2.62. The maximum absolute atomic E-state index is 13.4. The SMILES string of the molecule is CC(Oc1ccc2c(c1)c1ccnc3c4ccccc4c(=O)n2c13)C(=O)NC1CC(C)(C)NC(C)(C)C1. The lowest BCUT2D eigenvalue weighted by atomic mass is 9.79. The molecule has 3 aromatic heterocycles. The van der Waals surface area contributed by atoms with E-state index < -0.39 is 6.10 Å². The zero-order valence-electron chi connectivity index (χ0n) is 21.9. The molecule has 7 heteroatoms. The van der Waals surface area contributed by atoms with Crippen LogP contribution >= 0.6 is 0 Å². The normalized spacial score (nSPS) is 18.5. The minimum absolute atomic E-state index is 0.0580. The third kappa shape index (κ3) is 3.98. The minimum Gasteiger partial charge on any atom is -0.481 e. The number of hydrogen-bond acceptors (Lipinski definition) is 5. The molecule has 1 aliphatic heterocycles. The van der Waals surface area contributed by atoms with Gasteiger partial charge in [0, 0.05) is 44.9 Å². The first-order valence-electron chi connectivity index (χ1n) is 12.9. The van der Waals surface area contributed by atoms with Gasteiger partial charge >= 0.3 is 0 Å². The van der Waals surface area contributed by atoms with Gasteiger partial charge in [0.05, 0.1) is 16.6 Å². The standard InChI is InChI=1S/C30H32N4O3/c1-17(27(35)32-18-15-29(2,3)33-30(4,5)16-18)37-19-10-11-24-23(14-19)21-12-13-31-25-20-8-6-7-9-22(20)28(36)34(24)26(21)25/h6-14,17-18,33H,15-16H2,1-5H3,(H,32,35). The van der Waals surface area contributed by atoms with Crippen LogP contribution in [-0.4, -0.2) is 38.5 Å². The monoisotopic (exact) mass is 496 g/mol. The summed E-state index contributed by atoms with van der Waals surface area (Å²) in [5.74, 6) is 0.457. The summed E-state index contributed by atoms with van der Waals surface area (Å²) in [6, 6.07) is 15.2. The van der Waals surface area contributed by atoms with Crippen molar-refractivity contribution in [3.05, 3.63) is 65.1 Å². The van der Waals surface area contributed by atoms with Gasteiger partial charge < -0.3 is 15.4 Å². The van der Waals surface area contributed by atoms with E-state index in [1.165, 1.54) is 0 Å². The van der Waals surface area contributed by atoms with Crippen molar-refractivity contribution in [1.82, 2.24) is 20.0 Å². The van der Waals surface area contributed by atoms with Crippen LogP contribution in [0.5, 0.6) is 5.75 Å². The Morgan fingerprint density at radius 3 is 2.46 bits per heavy atom. The van der Waals surface area contributed by atoms with Crippen LogP contribution in [-0.2, 0) is 4.79 Å². The van der Waals surface area contributed by atoms with Crippen molar-refractivity contribution < 1.29 is 9.53 Å². The molecule has 6 rings (SSSR count). The first kappa shape index (κ1) is 23.7. The number of carbonyl (C=O) groups is 1. The molecule has 190 valence electrons. The Morgan fingerprint density at radius 2 is 1.73 bits per heavy atom. The molecule has 2 aromatic carbocycles. The van der Waals surface area contributed by atoms with Gasteiger partial charge in [0.2, 0.25) is 0 Å². The molecule has 0 spiro atoms. The van der Waals surface area contributed by atoms with Crippen LogP contribution in [0.25, 0.3) is 38.1 Å². The summed E-state index contributed by atoms with van der Waals surface area (Å²) in [5, 5.41) is 10.2. The molecular formula is C30H32N4O3. The molecule has 5 aromatic rings. The van der Waals surface area contributed by atoms with E-state index >= 15 is 0 Å². The lowest BCUT2D eigenvalue weighted by Gasteiger charge is -2.46. The molecule has 1 saturated heterocycles. The van der Waals surface area contributed by atoms with E-state index in [9.17, 15) is 9.59 Å². The molecule has 1 atom stereocenters. The van der Waals surface area contributed by atoms with Gasteiger partial charge in [-0.2, -0.15) is 0 Å². The van der Waals surface area contributed by atoms with Crippen molar-refractivity contribution >= 4 is 44.0 Å². The number of nitrogens with zero attached hydrogens (tertiary/aromatic N) is 2. The predicted molar refractivity (Wildman–Crippen MR) is 148 cm³/mol. The summed E-state index contributed by atoms with van der Waals surface area (Å²) in [5.41, 5.74) is 2.22. The van der Waals surface area contributed by atoms with Gasteiger partial charge in [0.1, 0.15) is 5.75 Å².